The molecule has 2 nitrogen and oxygen atoms in total. The highest BCUT2D eigenvalue weighted by molar-refractivity contribution is 9.10. The Morgan fingerprint density at radius 2 is 2.17 bits per heavy atom. The fraction of sp³-hybridized carbons (Fsp3) is 0.556. The molecule has 0 saturated heterocycles. The Bertz CT molecular complexity index is 251. The van der Waals surface area contributed by atoms with Crippen molar-refractivity contribution in [3.05, 3.63) is 23.3 Å². The molecule has 1 saturated carbocycles. The molecule has 0 atom stereocenters. The minimum absolute atomic E-state index is 0.626. The van der Waals surface area contributed by atoms with E-state index in [0.29, 0.717) is 6.04 Å². The maximum absolute atomic E-state index is 4.30. The topological polar surface area (TPSA) is 17.8 Å². The highest BCUT2D eigenvalue weighted by atomic mass is 79.9. The van der Waals surface area contributed by atoms with E-state index >= 15 is 0 Å². The predicted molar refractivity (Wildman–Crippen MR) is 51.7 cm³/mol. The Morgan fingerprint density at radius 3 is 2.75 bits per heavy atom. The second-order valence-corrected chi connectivity index (χ2v) is 4.15. The number of aromatic nitrogens is 2. The van der Waals surface area contributed by atoms with Gasteiger partial charge in [-0.1, -0.05) is 0 Å². The molecule has 0 spiro atoms. The van der Waals surface area contributed by atoms with Crippen molar-refractivity contribution in [1.82, 2.24) is 9.78 Å². The Hall–Kier alpha value is -0.310. The SMILES string of the molecule is Brc1cnn(C2CC[CH]CC2)c1. The highest BCUT2D eigenvalue weighted by Crippen LogP contribution is 2.27. The van der Waals surface area contributed by atoms with Gasteiger partial charge in [0.1, 0.15) is 0 Å². The lowest BCUT2D eigenvalue weighted by atomic mass is 9.96. The molecule has 3 heteroatoms. The first kappa shape index (κ1) is 8.30. The van der Waals surface area contributed by atoms with Crippen LogP contribution in [0.3, 0.4) is 0 Å². The molecule has 1 heterocycles. The second kappa shape index (κ2) is 3.60. The van der Waals surface area contributed by atoms with Crippen LogP contribution in [0.25, 0.3) is 0 Å². The van der Waals surface area contributed by atoms with Crippen LogP contribution < -0.4 is 0 Å². The number of halogens is 1. The van der Waals surface area contributed by atoms with Crippen molar-refractivity contribution in [1.29, 1.82) is 0 Å². The third kappa shape index (κ3) is 1.71. The van der Waals surface area contributed by atoms with E-state index in [1.165, 1.54) is 25.7 Å². The van der Waals surface area contributed by atoms with Crippen LogP contribution in [0.5, 0.6) is 0 Å². The summed E-state index contributed by atoms with van der Waals surface area (Å²) in [7, 11) is 0. The van der Waals surface area contributed by atoms with Gasteiger partial charge in [-0.05, 0) is 48.0 Å². The number of hydrogen-bond donors (Lipinski definition) is 0. The van der Waals surface area contributed by atoms with Gasteiger partial charge in [-0.25, -0.2) is 0 Å². The molecule has 65 valence electrons. The smallest absolute Gasteiger partial charge is 0.0632 e. The summed E-state index contributed by atoms with van der Waals surface area (Å²) < 4.78 is 3.16. The van der Waals surface area contributed by atoms with E-state index in [1.54, 1.807) is 0 Å². The summed E-state index contributed by atoms with van der Waals surface area (Å²) in [6.07, 6.45) is 11.3. The minimum Gasteiger partial charge on any atom is -0.269 e. The lowest BCUT2D eigenvalue weighted by molar-refractivity contribution is 0.365. The molecule has 1 aromatic heterocycles. The van der Waals surface area contributed by atoms with Crippen molar-refractivity contribution >= 4 is 15.9 Å². The summed E-state index contributed by atoms with van der Waals surface area (Å²) in [5.41, 5.74) is 0. The van der Waals surface area contributed by atoms with E-state index in [-0.39, 0.29) is 0 Å². The van der Waals surface area contributed by atoms with Gasteiger partial charge < -0.3 is 0 Å². The quantitative estimate of drug-likeness (QED) is 0.722. The third-order valence-corrected chi connectivity index (χ3v) is 2.76. The highest BCUT2D eigenvalue weighted by Gasteiger charge is 2.15. The van der Waals surface area contributed by atoms with Gasteiger partial charge in [-0.2, -0.15) is 5.10 Å². The van der Waals surface area contributed by atoms with Crippen LogP contribution >= 0.6 is 15.9 Å². The van der Waals surface area contributed by atoms with Crippen LogP contribution in [0, 0.1) is 6.42 Å². The van der Waals surface area contributed by atoms with Crippen LogP contribution in [0.15, 0.2) is 16.9 Å². The normalized spacial score (nSPS) is 19.8. The van der Waals surface area contributed by atoms with E-state index in [2.05, 4.69) is 38.3 Å². The average Bonchev–Trinajstić information content (AvgIpc) is 2.54. The van der Waals surface area contributed by atoms with Crippen LogP contribution in [-0.2, 0) is 0 Å². The number of hydrogen-bond acceptors (Lipinski definition) is 1. The van der Waals surface area contributed by atoms with Gasteiger partial charge in [0, 0.05) is 6.20 Å². The zero-order valence-corrected chi connectivity index (χ0v) is 8.50. The fourth-order valence-electron chi connectivity index (χ4n) is 1.69. The zero-order valence-electron chi connectivity index (χ0n) is 6.91. The van der Waals surface area contributed by atoms with E-state index in [1.807, 2.05) is 6.20 Å². The molecule has 0 aliphatic heterocycles. The maximum Gasteiger partial charge on any atom is 0.0632 e. The summed E-state index contributed by atoms with van der Waals surface area (Å²) in [5, 5.41) is 4.30. The van der Waals surface area contributed by atoms with E-state index in [9.17, 15) is 0 Å². The Balaban J connectivity index is 2.08. The Kier molecular flexibility index (Phi) is 2.49. The Morgan fingerprint density at radius 1 is 1.42 bits per heavy atom. The van der Waals surface area contributed by atoms with Crippen molar-refractivity contribution in [3.8, 4) is 0 Å². The molecule has 0 amide bonds. The van der Waals surface area contributed by atoms with Crippen molar-refractivity contribution in [3.63, 3.8) is 0 Å². The molecule has 1 aromatic rings. The van der Waals surface area contributed by atoms with Crippen molar-refractivity contribution in [2.75, 3.05) is 0 Å². The third-order valence-electron chi connectivity index (χ3n) is 2.35. The molecule has 1 aliphatic carbocycles. The van der Waals surface area contributed by atoms with Gasteiger partial charge in [0.15, 0.2) is 0 Å². The fourth-order valence-corrected chi connectivity index (χ4v) is 1.99. The molecule has 12 heavy (non-hydrogen) atoms. The van der Waals surface area contributed by atoms with Crippen LogP contribution in [-0.4, -0.2) is 9.78 Å². The molecule has 0 aromatic carbocycles. The van der Waals surface area contributed by atoms with Gasteiger partial charge in [0.25, 0.3) is 0 Å². The summed E-state index contributed by atoms with van der Waals surface area (Å²) in [4.78, 5) is 0. The first-order chi connectivity index (χ1) is 5.86. The summed E-state index contributed by atoms with van der Waals surface area (Å²) in [6.45, 7) is 0. The lowest BCUT2D eigenvalue weighted by Gasteiger charge is -2.21. The molecule has 2 rings (SSSR count). The molecule has 1 fully saturated rings. The van der Waals surface area contributed by atoms with Gasteiger partial charge in [-0.3, -0.25) is 4.68 Å². The zero-order chi connectivity index (χ0) is 8.39. The summed E-state index contributed by atoms with van der Waals surface area (Å²) in [6, 6.07) is 0.626. The monoisotopic (exact) mass is 227 g/mol. The summed E-state index contributed by atoms with van der Waals surface area (Å²) in [5.74, 6) is 0. The molecule has 0 bridgehead atoms. The molecule has 1 radical (unpaired) electrons. The number of rotatable bonds is 1. The van der Waals surface area contributed by atoms with Crippen molar-refractivity contribution in [2.24, 2.45) is 0 Å². The van der Waals surface area contributed by atoms with E-state index < -0.39 is 0 Å². The Labute approximate surface area is 81.1 Å². The van der Waals surface area contributed by atoms with Crippen LogP contribution in [0.2, 0.25) is 0 Å². The van der Waals surface area contributed by atoms with Gasteiger partial charge in [0.05, 0.1) is 16.7 Å². The minimum atomic E-state index is 0.626. The van der Waals surface area contributed by atoms with E-state index in [4.69, 9.17) is 0 Å². The summed E-state index contributed by atoms with van der Waals surface area (Å²) >= 11 is 3.41. The number of nitrogens with zero attached hydrogens (tertiary/aromatic N) is 2. The van der Waals surface area contributed by atoms with Crippen molar-refractivity contribution < 1.29 is 0 Å². The molecule has 0 unspecified atom stereocenters. The maximum atomic E-state index is 4.30. The average molecular weight is 228 g/mol. The predicted octanol–water partition coefficient (Wildman–Crippen LogP) is 2.96. The van der Waals surface area contributed by atoms with Gasteiger partial charge in [0.2, 0.25) is 0 Å². The van der Waals surface area contributed by atoms with Crippen LogP contribution in [0.4, 0.5) is 0 Å². The van der Waals surface area contributed by atoms with E-state index in [0.717, 1.165) is 4.47 Å². The second-order valence-electron chi connectivity index (χ2n) is 3.24. The largest absolute Gasteiger partial charge is 0.269 e. The van der Waals surface area contributed by atoms with Crippen molar-refractivity contribution in [2.45, 2.75) is 31.7 Å². The first-order valence-corrected chi connectivity index (χ1v) is 5.17. The standard InChI is InChI=1S/C9H12BrN2/c10-8-6-11-12(7-8)9-4-2-1-3-5-9/h1,6-7,9H,2-5H2. The van der Waals surface area contributed by atoms with Gasteiger partial charge >= 0.3 is 0 Å². The molecule has 0 N–H and O–H groups in total. The molecule has 1 aliphatic rings. The lowest BCUT2D eigenvalue weighted by Crippen LogP contribution is -2.13. The molecular weight excluding hydrogens is 216 g/mol. The van der Waals surface area contributed by atoms with Gasteiger partial charge in [-0.15, -0.1) is 0 Å². The van der Waals surface area contributed by atoms with Crippen LogP contribution in [0.1, 0.15) is 31.7 Å². The molecular formula is C9H12BrN2. The first-order valence-electron chi connectivity index (χ1n) is 4.37.